The molecule has 2 unspecified atom stereocenters. The maximum atomic E-state index is 11.8. The van der Waals surface area contributed by atoms with Crippen molar-refractivity contribution in [3.8, 4) is 5.75 Å². The SMILES string of the molecule is COc1ccc(NC(=O)NCC2CNCCC2C)cc1. The molecule has 0 spiro atoms. The number of carbonyl (C=O) groups excluding carboxylic acids is 1. The van der Waals surface area contributed by atoms with Gasteiger partial charge in [0.25, 0.3) is 0 Å². The van der Waals surface area contributed by atoms with Gasteiger partial charge >= 0.3 is 6.03 Å². The van der Waals surface area contributed by atoms with Crippen molar-refractivity contribution < 1.29 is 9.53 Å². The summed E-state index contributed by atoms with van der Waals surface area (Å²) in [5.41, 5.74) is 0.762. The van der Waals surface area contributed by atoms with Crippen LogP contribution in [0.2, 0.25) is 0 Å². The number of hydrogen-bond acceptors (Lipinski definition) is 3. The summed E-state index contributed by atoms with van der Waals surface area (Å²) < 4.78 is 5.08. The molecule has 110 valence electrons. The van der Waals surface area contributed by atoms with Crippen LogP contribution in [0.4, 0.5) is 10.5 Å². The molecule has 0 radical (unpaired) electrons. The van der Waals surface area contributed by atoms with Crippen LogP contribution in [0.25, 0.3) is 0 Å². The highest BCUT2D eigenvalue weighted by atomic mass is 16.5. The van der Waals surface area contributed by atoms with E-state index in [9.17, 15) is 4.79 Å². The Labute approximate surface area is 120 Å². The molecule has 1 saturated heterocycles. The highest BCUT2D eigenvalue weighted by molar-refractivity contribution is 5.89. The molecule has 0 bridgehead atoms. The summed E-state index contributed by atoms with van der Waals surface area (Å²) in [6, 6.07) is 7.13. The Balaban J connectivity index is 1.76. The smallest absolute Gasteiger partial charge is 0.319 e. The van der Waals surface area contributed by atoms with Crippen LogP contribution >= 0.6 is 0 Å². The number of amides is 2. The highest BCUT2D eigenvalue weighted by Crippen LogP contribution is 2.17. The van der Waals surface area contributed by atoms with Gasteiger partial charge in [0, 0.05) is 12.2 Å². The Morgan fingerprint density at radius 2 is 2.15 bits per heavy atom. The number of carbonyl (C=O) groups is 1. The standard InChI is InChI=1S/C15H23N3O2/c1-11-7-8-16-9-12(11)10-17-15(19)18-13-3-5-14(20-2)6-4-13/h3-6,11-12,16H,7-10H2,1-2H3,(H2,17,18,19). The molecule has 0 saturated carbocycles. The summed E-state index contributed by atoms with van der Waals surface area (Å²) in [7, 11) is 1.62. The largest absolute Gasteiger partial charge is 0.497 e. The maximum Gasteiger partial charge on any atom is 0.319 e. The second-order valence-electron chi connectivity index (χ2n) is 5.29. The zero-order chi connectivity index (χ0) is 14.4. The summed E-state index contributed by atoms with van der Waals surface area (Å²) in [5, 5.41) is 9.13. The Hall–Kier alpha value is -1.75. The maximum absolute atomic E-state index is 11.8. The van der Waals surface area contributed by atoms with Gasteiger partial charge in [-0.3, -0.25) is 0 Å². The van der Waals surface area contributed by atoms with Gasteiger partial charge in [-0.05, 0) is 55.6 Å². The molecule has 2 amide bonds. The van der Waals surface area contributed by atoms with Gasteiger partial charge < -0.3 is 20.7 Å². The van der Waals surface area contributed by atoms with Gasteiger partial charge in [-0.15, -0.1) is 0 Å². The zero-order valence-electron chi connectivity index (χ0n) is 12.1. The first kappa shape index (κ1) is 14.7. The molecular formula is C15H23N3O2. The fourth-order valence-electron chi connectivity index (χ4n) is 2.40. The van der Waals surface area contributed by atoms with E-state index in [4.69, 9.17) is 4.74 Å². The molecule has 1 fully saturated rings. The van der Waals surface area contributed by atoms with Crippen molar-refractivity contribution in [3.63, 3.8) is 0 Å². The van der Waals surface area contributed by atoms with Gasteiger partial charge in [0.15, 0.2) is 0 Å². The number of anilines is 1. The van der Waals surface area contributed by atoms with Crippen molar-refractivity contribution in [3.05, 3.63) is 24.3 Å². The third kappa shape index (κ3) is 4.13. The molecule has 2 atom stereocenters. The van der Waals surface area contributed by atoms with Crippen molar-refractivity contribution in [2.24, 2.45) is 11.8 Å². The lowest BCUT2D eigenvalue weighted by molar-refractivity contribution is 0.238. The van der Waals surface area contributed by atoms with E-state index in [1.165, 1.54) is 6.42 Å². The second kappa shape index (κ2) is 7.14. The fourth-order valence-corrected chi connectivity index (χ4v) is 2.40. The van der Waals surface area contributed by atoms with E-state index in [2.05, 4.69) is 22.9 Å². The third-order valence-corrected chi connectivity index (χ3v) is 3.86. The van der Waals surface area contributed by atoms with Crippen LogP contribution in [0.1, 0.15) is 13.3 Å². The molecule has 1 aliphatic rings. The molecule has 0 aromatic heterocycles. The van der Waals surface area contributed by atoms with E-state index >= 15 is 0 Å². The molecule has 2 rings (SSSR count). The number of hydrogen-bond donors (Lipinski definition) is 3. The van der Waals surface area contributed by atoms with Crippen molar-refractivity contribution in [2.45, 2.75) is 13.3 Å². The van der Waals surface area contributed by atoms with E-state index in [1.54, 1.807) is 7.11 Å². The molecular weight excluding hydrogens is 254 g/mol. The van der Waals surface area contributed by atoms with Crippen LogP contribution in [-0.4, -0.2) is 32.8 Å². The van der Waals surface area contributed by atoms with Crippen LogP contribution in [0.15, 0.2) is 24.3 Å². The lowest BCUT2D eigenvalue weighted by Gasteiger charge is -2.29. The topological polar surface area (TPSA) is 62.4 Å². The minimum Gasteiger partial charge on any atom is -0.497 e. The van der Waals surface area contributed by atoms with Gasteiger partial charge in [0.05, 0.1) is 7.11 Å². The van der Waals surface area contributed by atoms with Gasteiger partial charge in [-0.2, -0.15) is 0 Å². The van der Waals surface area contributed by atoms with Crippen molar-refractivity contribution in [1.29, 1.82) is 0 Å². The third-order valence-electron chi connectivity index (χ3n) is 3.86. The van der Waals surface area contributed by atoms with Crippen LogP contribution in [-0.2, 0) is 0 Å². The average Bonchev–Trinajstić information content (AvgIpc) is 2.47. The van der Waals surface area contributed by atoms with E-state index in [0.717, 1.165) is 24.5 Å². The van der Waals surface area contributed by atoms with Gasteiger partial charge in [0.2, 0.25) is 0 Å². The minimum atomic E-state index is -0.159. The molecule has 20 heavy (non-hydrogen) atoms. The number of nitrogens with one attached hydrogen (secondary N) is 3. The minimum absolute atomic E-state index is 0.159. The zero-order valence-corrected chi connectivity index (χ0v) is 12.1. The quantitative estimate of drug-likeness (QED) is 0.789. The van der Waals surface area contributed by atoms with E-state index < -0.39 is 0 Å². The number of ether oxygens (including phenoxy) is 1. The first-order valence-corrected chi connectivity index (χ1v) is 7.08. The first-order chi connectivity index (χ1) is 9.69. The molecule has 1 heterocycles. The molecule has 0 aliphatic carbocycles. The summed E-state index contributed by atoms with van der Waals surface area (Å²) >= 11 is 0. The molecule has 5 nitrogen and oxygen atoms in total. The molecule has 5 heteroatoms. The molecule has 1 aromatic carbocycles. The average molecular weight is 277 g/mol. The molecule has 1 aromatic rings. The van der Waals surface area contributed by atoms with Crippen LogP contribution in [0.5, 0.6) is 5.75 Å². The predicted octanol–water partition coefficient (Wildman–Crippen LogP) is 2.06. The highest BCUT2D eigenvalue weighted by Gasteiger charge is 2.21. The Morgan fingerprint density at radius 3 is 2.80 bits per heavy atom. The number of methoxy groups -OCH3 is 1. The van der Waals surface area contributed by atoms with Crippen molar-refractivity contribution in [2.75, 3.05) is 32.1 Å². The van der Waals surface area contributed by atoms with Gasteiger partial charge in [-0.1, -0.05) is 6.92 Å². The molecule has 3 N–H and O–H groups in total. The number of piperidine rings is 1. The number of rotatable bonds is 4. The lowest BCUT2D eigenvalue weighted by atomic mass is 9.88. The van der Waals surface area contributed by atoms with Crippen molar-refractivity contribution in [1.82, 2.24) is 10.6 Å². The lowest BCUT2D eigenvalue weighted by Crippen LogP contribution is -2.43. The Morgan fingerprint density at radius 1 is 1.40 bits per heavy atom. The number of benzene rings is 1. The van der Waals surface area contributed by atoms with Gasteiger partial charge in [0.1, 0.15) is 5.75 Å². The summed E-state index contributed by atoms with van der Waals surface area (Å²) in [6.07, 6.45) is 1.17. The van der Waals surface area contributed by atoms with Crippen molar-refractivity contribution >= 4 is 11.7 Å². The summed E-state index contributed by atoms with van der Waals surface area (Å²) in [6.45, 7) is 5.00. The monoisotopic (exact) mass is 277 g/mol. The summed E-state index contributed by atoms with van der Waals surface area (Å²) in [4.78, 5) is 11.8. The normalized spacial score (nSPS) is 22.1. The van der Waals surface area contributed by atoms with E-state index in [1.807, 2.05) is 24.3 Å². The molecule has 1 aliphatic heterocycles. The van der Waals surface area contributed by atoms with Crippen LogP contribution in [0, 0.1) is 11.8 Å². The van der Waals surface area contributed by atoms with Gasteiger partial charge in [-0.25, -0.2) is 4.79 Å². The number of urea groups is 1. The summed E-state index contributed by atoms with van der Waals surface area (Å²) in [5.74, 6) is 1.93. The Kier molecular flexibility index (Phi) is 5.24. The van der Waals surface area contributed by atoms with E-state index in [0.29, 0.717) is 18.4 Å². The Bertz CT molecular complexity index is 433. The first-order valence-electron chi connectivity index (χ1n) is 7.08. The second-order valence-corrected chi connectivity index (χ2v) is 5.29. The van der Waals surface area contributed by atoms with Crippen LogP contribution in [0.3, 0.4) is 0 Å². The fraction of sp³-hybridized carbons (Fsp3) is 0.533. The van der Waals surface area contributed by atoms with Crippen LogP contribution < -0.4 is 20.7 Å². The predicted molar refractivity (Wildman–Crippen MR) is 80.2 cm³/mol. The van der Waals surface area contributed by atoms with E-state index in [-0.39, 0.29) is 6.03 Å².